The first-order valence-electron chi connectivity index (χ1n) is 2.38. The summed E-state index contributed by atoms with van der Waals surface area (Å²) >= 11 is 0. The van der Waals surface area contributed by atoms with Crippen LogP contribution in [0.1, 0.15) is 0 Å². The molecule has 0 aliphatic carbocycles. The maximum Gasteiger partial charge on any atom is 0.0335 e. The number of hydrogen-bond acceptors (Lipinski definition) is 2. The Morgan fingerprint density at radius 1 is 2.00 bits per heavy atom. The Morgan fingerprint density at radius 2 is 2.62 bits per heavy atom. The smallest absolute Gasteiger partial charge is 0.0335 e. The summed E-state index contributed by atoms with van der Waals surface area (Å²) < 4.78 is 0. The zero-order valence-electron chi connectivity index (χ0n) is 4.94. The second kappa shape index (κ2) is 4.23. The van der Waals surface area contributed by atoms with Gasteiger partial charge in [-0.05, 0) is 0 Å². The number of terminal acetylenes is 1. The highest BCUT2D eigenvalue weighted by molar-refractivity contribution is 5.16. The van der Waals surface area contributed by atoms with E-state index in [1.54, 1.807) is 13.1 Å². The molecule has 0 radical (unpaired) electrons. The van der Waals surface area contributed by atoms with Crippen LogP contribution >= 0.6 is 0 Å². The molecule has 0 saturated carbocycles. The second-order valence-electron chi connectivity index (χ2n) is 1.29. The maximum atomic E-state index is 5.24. The van der Waals surface area contributed by atoms with E-state index in [-0.39, 0.29) is 0 Å². The van der Waals surface area contributed by atoms with E-state index in [0.29, 0.717) is 6.54 Å². The van der Waals surface area contributed by atoms with E-state index in [2.05, 4.69) is 11.2 Å². The first kappa shape index (κ1) is 7.06. The Balaban J connectivity index is 3.72. The summed E-state index contributed by atoms with van der Waals surface area (Å²) in [6, 6.07) is 0. The van der Waals surface area contributed by atoms with Gasteiger partial charge >= 0.3 is 0 Å². The van der Waals surface area contributed by atoms with Crippen molar-refractivity contribution in [1.82, 2.24) is 5.32 Å². The van der Waals surface area contributed by atoms with Crippen molar-refractivity contribution >= 4 is 0 Å². The number of nitrogens with two attached hydrogens (primary N) is 1. The zero-order valence-corrected chi connectivity index (χ0v) is 4.94. The summed E-state index contributed by atoms with van der Waals surface area (Å²) in [5, 5.41) is 2.85. The fourth-order valence-corrected chi connectivity index (χ4v) is 0.334. The average Bonchev–Trinajstić information content (AvgIpc) is 1.83. The van der Waals surface area contributed by atoms with Gasteiger partial charge in [-0.1, -0.05) is 5.92 Å². The highest BCUT2D eigenvalue weighted by atomic mass is 14.9. The van der Waals surface area contributed by atoms with Crippen molar-refractivity contribution in [3.63, 3.8) is 0 Å². The molecule has 3 N–H and O–H groups in total. The predicted octanol–water partition coefficient (Wildman–Crippen LogP) is -0.318. The molecule has 0 spiro atoms. The fraction of sp³-hybridized carbons (Fsp3) is 0.333. The quantitative estimate of drug-likeness (QED) is 0.478. The topological polar surface area (TPSA) is 38.0 Å². The van der Waals surface area contributed by atoms with Crippen LogP contribution in [0.2, 0.25) is 0 Å². The molecule has 2 heteroatoms. The third-order valence-electron chi connectivity index (χ3n) is 0.799. The fourth-order valence-electron chi connectivity index (χ4n) is 0.334. The van der Waals surface area contributed by atoms with Crippen LogP contribution < -0.4 is 11.1 Å². The highest BCUT2D eigenvalue weighted by Crippen LogP contribution is 1.78. The Labute approximate surface area is 49.8 Å². The van der Waals surface area contributed by atoms with Gasteiger partial charge in [0.1, 0.15) is 0 Å². The number of nitrogens with one attached hydrogen (secondary N) is 1. The van der Waals surface area contributed by atoms with Crippen LogP contribution in [0.15, 0.2) is 11.8 Å². The lowest BCUT2D eigenvalue weighted by Crippen LogP contribution is -2.15. The summed E-state index contributed by atoms with van der Waals surface area (Å²) in [4.78, 5) is 0. The molecule has 0 heterocycles. The molecule has 0 fully saturated rings. The first-order valence-corrected chi connectivity index (χ1v) is 2.38. The van der Waals surface area contributed by atoms with Crippen LogP contribution in [0.5, 0.6) is 0 Å². The molecule has 0 aliphatic heterocycles. The predicted molar refractivity (Wildman–Crippen MR) is 35.0 cm³/mol. The number of likely N-dealkylation sites (N-methyl/N-ethyl adjacent to an activating group) is 1. The van der Waals surface area contributed by atoms with Gasteiger partial charge in [0.15, 0.2) is 0 Å². The van der Waals surface area contributed by atoms with Crippen LogP contribution in [0.4, 0.5) is 0 Å². The number of hydrogen-bond donors (Lipinski definition) is 2. The van der Waals surface area contributed by atoms with Crippen LogP contribution in [0.3, 0.4) is 0 Å². The number of allylic oxidation sites excluding steroid dienone is 1. The van der Waals surface area contributed by atoms with Gasteiger partial charge < -0.3 is 11.1 Å². The lowest BCUT2D eigenvalue weighted by molar-refractivity contribution is 0.928. The van der Waals surface area contributed by atoms with Crippen molar-refractivity contribution in [2.75, 3.05) is 13.6 Å². The molecule has 0 saturated heterocycles. The summed E-state index contributed by atoms with van der Waals surface area (Å²) in [5.41, 5.74) is 6.12. The molecular formula is C6H10N2. The van der Waals surface area contributed by atoms with Gasteiger partial charge in [-0.3, -0.25) is 0 Å². The van der Waals surface area contributed by atoms with E-state index in [1.165, 1.54) is 0 Å². The van der Waals surface area contributed by atoms with Gasteiger partial charge in [-0.25, -0.2) is 0 Å². The third kappa shape index (κ3) is 2.27. The normalized spacial score (nSPS) is 10.4. The lowest BCUT2D eigenvalue weighted by Gasteiger charge is -1.97. The zero-order chi connectivity index (χ0) is 6.41. The molecular weight excluding hydrogens is 100 g/mol. The standard InChI is InChI=1S/C6H10N2/c1-3-4-6(5-7)8-2/h1,4,8H,5,7H2,2H3/b6-4-. The van der Waals surface area contributed by atoms with Gasteiger partial charge in [0.25, 0.3) is 0 Å². The van der Waals surface area contributed by atoms with E-state index in [9.17, 15) is 0 Å². The molecule has 0 aromatic rings. The van der Waals surface area contributed by atoms with Crippen LogP contribution in [0.25, 0.3) is 0 Å². The van der Waals surface area contributed by atoms with Crippen molar-refractivity contribution in [2.24, 2.45) is 5.73 Å². The van der Waals surface area contributed by atoms with E-state index < -0.39 is 0 Å². The summed E-state index contributed by atoms with van der Waals surface area (Å²) in [6.45, 7) is 0.473. The average molecular weight is 110 g/mol. The highest BCUT2D eigenvalue weighted by Gasteiger charge is 1.82. The lowest BCUT2D eigenvalue weighted by atomic mass is 10.4. The summed E-state index contributed by atoms with van der Waals surface area (Å²) in [6.07, 6.45) is 6.57. The molecule has 0 bridgehead atoms. The van der Waals surface area contributed by atoms with Crippen LogP contribution in [-0.2, 0) is 0 Å². The second-order valence-corrected chi connectivity index (χ2v) is 1.29. The van der Waals surface area contributed by atoms with Gasteiger partial charge in [0.2, 0.25) is 0 Å². The van der Waals surface area contributed by atoms with Crippen molar-refractivity contribution in [3.05, 3.63) is 11.8 Å². The van der Waals surface area contributed by atoms with Crippen LogP contribution in [0, 0.1) is 12.3 Å². The van der Waals surface area contributed by atoms with E-state index >= 15 is 0 Å². The van der Waals surface area contributed by atoms with E-state index in [0.717, 1.165) is 5.70 Å². The largest absolute Gasteiger partial charge is 0.390 e. The third-order valence-corrected chi connectivity index (χ3v) is 0.799. The van der Waals surface area contributed by atoms with Gasteiger partial charge in [-0.15, -0.1) is 6.42 Å². The molecule has 44 valence electrons. The Bertz CT molecular complexity index is 113. The minimum Gasteiger partial charge on any atom is -0.390 e. The molecule has 0 rings (SSSR count). The van der Waals surface area contributed by atoms with Crippen molar-refractivity contribution < 1.29 is 0 Å². The van der Waals surface area contributed by atoms with Gasteiger partial charge in [-0.2, -0.15) is 0 Å². The molecule has 8 heavy (non-hydrogen) atoms. The first-order chi connectivity index (χ1) is 3.85. The monoisotopic (exact) mass is 110 g/mol. The minimum absolute atomic E-state index is 0.473. The minimum atomic E-state index is 0.473. The maximum absolute atomic E-state index is 5.24. The van der Waals surface area contributed by atoms with Gasteiger partial charge in [0.05, 0.1) is 0 Å². The molecule has 0 aliphatic rings. The van der Waals surface area contributed by atoms with Crippen LogP contribution in [-0.4, -0.2) is 13.6 Å². The molecule has 2 nitrogen and oxygen atoms in total. The summed E-state index contributed by atoms with van der Waals surface area (Å²) in [7, 11) is 1.79. The Morgan fingerprint density at radius 3 is 2.75 bits per heavy atom. The molecule has 0 aromatic carbocycles. The van der Waals surface area contributed by atoms with E-state index in [4.69, 9.17) is 12.2 Å². The number of rotatable bonds is 2. The summed E-state index contributed by atoms with van der Waals surface area (Å²) in [5.74, 6) is 2.37. The van der Waals surface area contributed by atoms with Crippen molar-refractivity contribution in [3.8, 4) is 12.3 Å². The van der Waals surface area contributed by atoms with Crippen molar-refractivity contribution in [2.45, 2.75) is 0 Å². The molecule has 0 atom stereocenters. The molecule has 0 unspecified atom stereocenters. The van der Waals surface area contributed by atoms with Crippen molar-refractivity contribution in [1.29, 1.82) is 0 Å². The van der Waals surface area contributed by atoms with E-state index in [1.807, 2.05) is 0 Å². The Kier molecular flexibility index (Phi) is 3.73. The molecule has 0 aromatic heterocycles. The molecule has 0 amide bonds. The SMILES string of the molecule is C#C/C=C(/CN)NC. The Hall–Kier alpha value is -0.940. The van der Waals surface area contributed by atoms with Gasteiger partial charge in [0, 0.05) is 25.4 Å².